The number of nitrogens with one attached hydrogen (secondary N) is 1. The highest BCUT2D eigenvalue weighted by atomic mass is 32.2. The van der Waals surface area contributed by atoms with Gasteiger partial charge in [-0.05, 0) is 18.2 Å². The smallest absolute Gasteiger partial charge is 0.270 e. The van der Waals surface area contributed by atoms with Crippen LogP contribution in [0.5, 0.6) is 5.75 Å². The summed E-state index contributed by atoms with van der Waals surface area (Å²) in [6.07, 6.45) is 0. The quantitative estimate of drug-likeness (QED) is 0.494. The number of aliphatic imine (C=N–C) groups is 1. The van der Waals surface area contributed by atoms with Crippen LogP contribution in [-0.4, -0.2) is 32.3 Å². The van der Waals surface area contributed by atoms with Crippen molar-refractivity contribution in [1.29, 1.82) is 0 Å². The van der Waals surface area contributed by atoms with Gasteiger partial charge in [0.2, 0.25) is 0 Å². The Morgan fingerprint density at radius 2 is 2.00 bits per heavy atom. The summed E-state index contributed by atoms with van der Waals surface area (Å²) in [7, 11) is -3.89. The predicted octanol–water partition coefficient (Wildman–Crippen LogP) is 1.85. The number of nitrogens with zero attached hydrogens (tertiary/aromatic N) is 2. The summed E-state index contributed by atoms with van der Waals surface area (Å²) in [6.45, 7) is 0.108. The highest BCUT2D eigenvalue weighted by Gasteiger charge is 2.32. The molecule has 8 nitrogen and oxygen atoms in total. The molecule has 0 spiro atoms. The fourth-order valence-electron chi connectivity index (χ4n) is 2.27. The maximum atomic E-state index is 13.4. The van der Waals surface area contributed by atoms with Crippen LogP contribution in [0.25, 0.3) is 0 Å². The van der Waals surface area contributed by atoms with Gasteiger partial charge in [0.1, 0.15) is 17.3 Å². The van der Waals surface area contributed by atoms with Crippen molar-refractivity contribution in [3.63, 3.8) is 0 Å². The highest BCUT2D eigenvalue weighted by Crippen LogP contribution is 2.27. The van der Waals surface area contributed by atoms with Gasteiger partial charge in [0.25, 0.3) is 15.7 Å². The average Bonchev–Trinajstić information content (AvgIpc) is 2.83. The first-order valence-corrected chi connectivity index (χ1v) is 8.60. The molecule has 0 aliphatic carbocycles. The summed E-state index contributed by atoms with van der Waals surface area (Å²) >= 11 is 0. The van der Waals surface area contributed by atoms with Crippen molar-refractivity contribution in [3.05, 3.63) is 64.0 Å². The molecule has 2 aromatic rings. The Morgan fingerprint density at radius 3 is 2.72 bits per heavy atom. The standard InChI is InChI=1S/C15H12FN3O5S/c16-12-3-1-2-4-13(12)24-8-7-17-15-11-6-5-10(19(20)21)9-14(11)25(22,23)18-15/h1-6,9H,7-8H2,(H,17,18). The number of hydrogen-bond donors (Lipinski definition) is 1. The van der Waals surface area contributed by atoms with E-state index in [2.05, 4.69) is 9.71 Å². The maximum Gasteiger partial charge on any atom is 0.270 e. The molecule has 1 aliphatic heterocycles. The third-order valence-corrected chi connectivity index (χ3v) is 4.79. The number of sulfonamides is 1. The topological polar surface area (TPSA) is 111 Å². The Kier molecular flexibility index (Phi) is 4.36. The molecule has 0 saturated heterocycles. The lowest BCUT2D eigenvalue weighted by atomic mass is 10.2. The third kappa shape index (κ3) is 3.43. The molecule has 0 aromatic heterocycles. The summed E-state index contributed by atoms with van der Waals surface area (Å²) < 4.78 is 45.0. The summed E-state index contributed by atoms with van der Waals surface area (Å²) in [5.74, 6) is -0.359. The molecule has 0 fully saturated rings. The molecule has 1 N–H and O–H groups in total. The van der Waals surface area contributed by atoms with Crippen LogP contribution in [0.4, 0.5) is 10.1 Å². The van der Waals surface area contributed by atoms with Crippen molar-refractivity contribution in [1.82, 2.24) is 4.72 Å². The molecule has 1 heterocycles. The average molecular weight is 365 g/mol. The molecule has 25 heavy (non-hydrogen) atoms. The first kappa shape index (κ1) is 16.8. The first-order valence-electron chi connectivity index (χ1n) is 7.12. The summed E-state index contributed by atoms with van der Waals surface area (Å²) in [4.78, 5) is 14.0. The molecule has 10 heteroatoms. The van der Waals surface area contributed by atoms with E-state index < -0.39 is 20.8 Å². The third-order valence-electron chi connectivity index (χ3n) is 3.41. The molecule has 0 unspecified atom stereocenters. The van der Waals surface area contributed by atoms with Crippen molar-refractivity contribution < 1.29 is 22.5 Å². The van der Waals surface area contributed by atoms with Crippen molar-refractivity contribution in [2.24, 2.45) is 4.99 Å². The number of ether oxygens (including phenoxy) is 1. The van der Waals surface area contributed by atoms with Gasteiger partial charge in [-0.3, -0.25) is 19.8 Å². The van der Waals surface area contributed by atoms with E-state index in [4.69, 9.17) is 4.74 Å². The number of para-hydroxylation sites is 1. The van der Waals surface area contributed by atoms with E-state index in [9.17, 15) is 22.9 Å². The van der Waals surface area contributed by atoms with Crippen molar-refractivity contribution >= 4 is 21.5 Å². The van der Waals surface area contributed by atoms with Crippen molar-refractivity contribution in [2.75, 3.05) is 13.2 Å². The number of nitro benzene ring substituents is 1. The minimum Gasteiger partial charge on any atom is -0.489 e. The second-order valence-corrected chi connectivity index (χ2v) is 6.70. The SMILES string of the molecule is O=[N+]([O-])c1ccc2c(c1)S(=O)(=O)NC2=NCCOc1ccccc1F. The Bertz CT molecular complexity index is 975. The lowest BCUT2D eigenvalue weighted by Crippen LogP contribution is -2.23. The first-order chi connectivity index (χ1) is 11.9. The monoisotopic (exact) mass is 365 g/mol. The van der Waals surface area contributed by atoms with Crippen LogP contribution in [0.3, 0.4) is 0 Å². The fraction of sp³-hybridized carbons (Fsp3) is 0.133. The number of amidine groups is 1. The molecule has 2 aromatic carbocycles. The van der Waals surface area contributed by atoms with Gasteiger partial charge in [-0.2, -0.15) is 0 Å². The number of benzene rings is 2. The van der Waals surface area contributed by atoms with E-state index in [0.717, 1.165) is 6.07 Å². The van der Waals surface area contributed by atoms with Gasteiger partial charge < -0.3 is 4.74 Å². The number of rotatable bonds is 5. The van der Waals surface area contributed by atoms with Gasteiger partial charge in [0.05, 0.1) is 11.5 Å². The zero-order chi connectivity index (χ0) is 18.0. The maximum absolute atomic E-state index is 13.4. The molecule has 0 bridgehead atoms. The second-order valence-electron chi connectivity index (χ2n) is 5.05. The summed E-state index contributed by atoms with van der Waals surface area (Å²) in [5.41, 5.74) is -0.0789. The van der Waals surface area contributed by atoms with E-state index >= 15 is 0 Å². The van der Waals surface area contributed by atoms with Crippen LogP contribution in [0.15, 0.2) is 52.4 Å². The Hall–Kier alpha value is -3.01. The predicted molar refractivity (Wildman–Crippen MR) is 86.7 cm³/mol. The van der Waals surface area contributed by atoms with E-state index in [1.807, 2.05) is 0 Å². The molecular formula is C15H12FN3O5S. The number of nitro groups is 1. The van der Waals surface area contributed by atoms with Gasteiger partial charge in [-0.15, -0.1) is 0 Å². The van der Waals surface area contributed by atoms with Crippen LogP contribution in [0.2, 0.25) is 0 Å². The number of non-ortho nitro benzene ring substituents is 1. The van der Waals surface area contributed by atoms with Gasteiger partial charge in [0.15, 0.2) is 11.6 Å². The van der Waals surface area contributed by atoms with Gasteiger partial charge in [-0.25, -0.2) is 12.8 Å². The number of halogens is 1. The molecule has 0 saturated carbocycles. The summed E-state index contributed by atoms with van der Waals surface area (Å²) in [5, 5.41) is 10.8. The van der Waals surface area contributed by atoms with Gasteiger partial charge >= 0.3 is 0 Å². The minimum atomic E-state index is -3.89. The van der Waals surface area contributed by atoms with Crippen LogP contribution in [0, 0.1) is 15.9 Å². The van der Waals surface area contributed by atoms with E-state index in [-0.39, 0.29) is 40.9 Å². The zero-order valence-electron chi connectivity index (χ0n) is 12.7. The lowest BCUT2D eigenvalue weighted by molar-refractivity contribution is -0.385. The second kappa shape index (κ2) is 6.48. The van der Waals surface area contributed by atoms with Crippen LogP contribution in [-0.2, 0) is 10.0 Å². The van der Waals surface area contributed by atoms with Crippen LogP contribution < -0.4 is 9.46 Å². The van der Waals surface area contributed by atoms with Crippen molar-refractivity contribution in [3.8, 4) is 5.75 Å². The summed E-state index contributed by atoms with van der Waals surface area (Å²) in [6, 6.07) is 9.39. The number of hydrogen-bond acceptors (Lipinski definition) is 6. The zero-order valence-corrected chi connectivity index (χ0v) is 13.5. The normalized spacial score (nSPS) is 16.3. The largest absolute Gasteiger partial charge is 0.489 e. The molecule has 130 valence electrons. The van der Waals surface area contributed by atoms with Crippen LogP contribution in [0.1, 0.15) is 5.56 Å². The molecular weight excluding hydrogens is 353 g/mol. The van der Waals surface area contributed by atoms with Gasteiger partial charge in [-0.1, -0.05) is 12.1 Å². The molecule has 1 aliphatic rings. The lowest BCUT2D eigenvalue weighted by Gasteiger charge is -2.05. The van der Waals surface area contributed by atoms with Crippen molar-refractivity contribution in [2.45, 2.75) is 4.90 Å². The Balaban J connectivity index is 1.75. The fourth-order valence-corrected chi connectivity index (χ4v) is 3.54. The van der Waals surface area contributed by atoms with E-state index in [1.165, 1.54) is 30.3 Å². The number of fused-ring (bicyclic) bond motifs is 1. The Labute approximate surface area is 142 Å². The molecule has 0 radical (unpaired) electrons. The van der Waals surface area contributed by atoms with Crippen LogP contribution >= 0.6 is 0 Å². The molecule has 0 atom stereocenters. The molecule has 0 amide bonds. The minimum absolute atomic E-state index is 0.0362. The van der Waals surface area contributed by atoms with E-state index in [1.54, 1.807) is 6.07 Å². The highest BCUT2D eigenvalue weighted by molar-refractivity contribution is 7.90. The molecule has 3 rings (SSSR count). The van der Waals surface area contributed by atoms with Gasteiger partial charge in [0, 0.05) is 17.7 Å². The Morgan fingerprint density at radius 1 is 1.24 bits per heavy atom. The van der Waals surface area contributed by atoms with E-state index in [0.29, 0.717) is 0 Å².